The van der Waals surface area contributed by atoms with Crippen molar-refractivity contribution in [3.63, 3.8) is 0 Å². The van der Waals surface area contributed by atoms with Crippen LogP contribution in [-0.4, -0.2) is 34.1 Å². The number of methoxy groups -OCH3 is 1. The molecule has 152 valence electrons. The maximum absolute atomic E-state index is 11.6. The highest BCUT2D eigenvalue weighted by Gasteiger charge is 2.12. The second kappa shape index (κ2) is 8.22. The van der Waals surface area contributed by atoms with Crippen LogP contribution >= 0.6 is 0 Å². The normalized spacial score (nSPS) is 10.8. The number of para-hydroxylation sites is 1. The highest BCUT2D eigenvalue weighted by atomic mass is 16.5. The van der Waals surface area contributed by atoms with Gasteiger partial charge >= 0.3 is 0 Å². The first kappa shape index (κ1) is 19.4. The van der Waals surface area contributed by atoms with Crippen LogP contribution in [0.25, 0.3) is 22.2 Å². The molecule has 0 aliphatic carbocycles. The summed E-state index contributed by atoms with van der Waals surface area (Å²) in [5.41, 5.74) is 9.55. The van der Waals surface area contributed by atoms with E-state index in [2.05, 4.69) is 43.5 Å². The standard InChI is InChI=1S/C22H22N6O2/c1-28-13-16(15-5-3-4-6-19(15)28)17-9-10-24-22(26-17)27-18-11-14(25-21(29)12-23)7-8-20(18)30-2/h3-11,13H,12,23H2,1-2H3,(H,25,29)(H,24,26,27). The number of aromatic nitrogens is 3. The van der Waals surface area contributed by atoms with E-state index in [4.69, 9.17) is 10.5 Å². The number of fused-ring (bicyclic) bond motifs is 1. The average molecular weight is 402 g/mol. The Balaban J connectivity index is 1.68. The molecule has 0 aliphatic rings. The third-order valence-electron chi connectivity index (χ3n) is 4.74. The van der Waals surface area contributed by atoms with Gasteiger partial charge in [-0.3, -0.25) is 4.79 Å². The summed E-state index contributed by atoms with van der Waals surface area (Å²) >= 11 is 0. The number of amides is 1. The fraction of sp³-hybridized carbons (Fsp3) is 0.136. The number of ether oxygens (including phenoxy) is 1. The van der Waals surface area contributed by atoms with E-state index in [9.17, 15) is 4.79 Å². The van der Waals surface area contributed by atoms with Gasteiger partial charge in [0.05, 0.1) is 25.0 Å². The summed E-state index contributed by atoms with van der Waals surface area (Å²) in [6.07, 6.45) is 3.76. The smallest absolute Gasteiger partial charge is 0.238 e. The van der Waals surface area contributed by atoms with Gasteiger partial charge in [0, 0.05) is 41.6 Å². The Morgan fingerprint density at radius 3 is 2.83 bits per heavy atom. The first-order valence-electron chi connectivity index (χ1n) is 9.41. The first-order chi connectivity index (χ1) is 14.6. The van der Waals surface area contributed by atoms with E-state index in [1.807, 2.05) is 25.2 Å². The Labute approximate surface area is 173 Å². The maximum atomic E-state index is 11.6. The van der Waals surface area contributed by atoms with Gasteiger partial charge in [0.15, 0.2) is 0 Å². The van der Waals surface area contributed by atoms with Gasteiger partial charge in [-0.1, -0.05) is 18.2 Å². The molecule has 0 unspecified atom stereocenters. The highest BCUT2D eigenvalue weighted by molar-refractivity contribution is 5.95. The molecule has 0 saturated heterocycles. The van der Waals surface area contributed by atoms with E-state index in [0.717, 1.165) is 22.2 Å². The highest BCUT2D eigenvalue weighted by Crippen LogP contribution is 2.32. The van der Waals surface area contributed by atoms with Crippen LogP contribution in [0.1, 0.15) is 0 Å². The minimum Gasteiger partial charge on any atom is -0.495 e. The second-order valence-corrected chi connectivity index (χ2v) is 6.73. The Kier molecular flexibility index (Phi) is 5.32. The van der Waals surface area contributed by atoms with Crippen molar-refractivity contribution in [2.45, 2.75) is 0 Å². The van der Waals surface area contributed by atoms with Gasteiger partial charge in [-0.2, -0.15) is 0 Å². The zero-order chi connectivity index (χ0) is 21.1. The van der Waals surface area contributed by atoms with Crippen molar-refractivity contribution in [1.82, 2.24) is 14.5 Å². The SMILES string of the molecule is COc1ccc(NC(=O)CN)cc1Nc1nccc(-c2cn(C)c3ccccc23)n1. The van der Waals surface area contributed by atoms with Crippen molar-refractivity contribution in [2.75, 3.05) is 24.3 Å². The topological polar surface area (TPSA) is 107 Å². The van der Waals surface area contributed by atoms with Crippen LogP contribution in [0.15, 0.2) is 60.9 Å². The minimum atomic E-state index is -0.277. The molecule has 0 bridgehead atoms. The van der Waals surface area contributed by atoms with E-state index in [-0.39, 0.29) is 12.5 Å². The Hall–Kier alpha value is -3.91. The first-order valence-corrected chi connectivity index (χ1v) is 9.41. The number of nitrogens with one attached hydrogen (secondary N) is 2. The molecule has 2 aromatic heterocycles. The van der Waals surface area contributed by atoms with Crippen LogP contribution in [-0.2, 0) is 11.8 Å². The van der Waals surface area contributed by atoms with Gasteiger partial charge in [-0.05, 0) is 30.3 Å². The summed E-state index contributed by atoms with van der Waals surface area (Å²) in [5.74, 6) is 0.737. The molecule has 8 nitrogen and oxygen atoms in total. The number of nitrogens with zero attached hydrogens (tertiary/aromatic N) is 3. The molecular weight excluding hydrogens is 380 g/mol. The van der Waals surface area contributed by atoms with Crippen molar-refractivity contribution < 1.29 is 9.53 Å². The van der Waals surface area contributed by atoms with Gasteiger partial charge < -0.3 is 25.7 Å². The number of carbonyl (C=O) groups is 1. The van der Waals surface area contributed by atoms with Crippen molar-refractivity contribution >= 4 is 34.1 Å². The summed E-state index contributed by atoms with van der Waals surface area (Å²) in [5, 5.41) is 7.03. The number of rotatable bonds is 6. The molecule has 0 saturated carbocycles. The predicted octanol–water partition coefficient (Wildman–Crippen LogP) is 3.28. The monoisotopic (exact) mass is 402 g/mol. The summed E-state index contributed by atoms with van der Waals surface area (Å²) in [7, 11) is 3.59. The van der Waals surface area contributed by atoms with Crippen LogP contribution in [0.2, 0.25) is 0 Å². The molecule has 2 heterocycles. The van der Waals surface area contributed by atoms with Crippen LogP contribution in [0, 0.1) is 0 Å². The molecule has 2 aromatic carbocycles. The number of anilines is 3. The molecule has 4 N–H and O–H groups in total. The third kappa shape index (κ3) is 3.81. The van der Waals surface area contributed by atoms with Crippen molar-refractivity contribution in [3.8, 4) is 17.0 Å². The zero-order valence-corrected chi connectivity index (χ0v) is 16.7. The molecule has 30 heavy (non-hydrogen) atoms. The minimum absolute atomic E-state index is 0.0923. The van der Waals surface area contributed by atoms with E-state index in [1.54, 1.807) is 31.5 Å². The average Bonchev–Trinajstić information content (AvgIpc) is 3.11. The predicted molar refractivity (Wildman–Crippen MR) is 118 cm³/mol. The van der Waals surface area contributed by atoms with Crippen molar-refractivity contribution in [1.29, 1.82) is 0 Å². The summed E-state index contributed by atoms with van der Waals surface area (Å²) in [6, 6.07) is 15.3. The summed E-state index contributed by atoms with van der Waals surface area (Å²) in [4.78, 5) is 20.6. The molecule has 0 spiro atoms. The quantitative estimate of drug-likeness (QED) is 0.457. The number of carbonyl (C=O) groups excluding carboxylic acids is 1. The number of benzene rings is 2. The fourth-order valence-electron chi connectivity index (χ4n) is 3.33. The molecule has 0 aliphatic heterocycles. The summed E-state index contributed by atoms with van der Waals surface area (Å²) < 4.78 is 7.50. The Bertz CT molecular complexity index is 1220. The van der Waals surface area contributed by atoms with E-state index < -0.39 is 0 Å². The van der Waals surface area contributed by atoms with Gasteiger partial charge in [-0.25, -0.2) is 9.97 Å². The molecule has 8 heteroatoms. The van der Waals surface area contributed by atoms with Crippen molar-refractivity contribution in [2.24, 2.45) is 12.8 Å². The molecule has 0 atom stereocenters. The number of hydrogen-bond acceptors (Lipinski definition) is 6. The van der Waals surface area contributed by atoms with Crippen LogP contribution in [0.4, 0.5) is 17.3 Å². The van der Waals surface area contributed by atoms with Gasteiger partial charge in [0.25, 0.3) is 0 Å². The lowest BCUT2D eigenvalue weighted by Gasteiger charge is -2.13. The van der Waals surface area contributed by atoms with Gasteiger partial charge in [0.2, 0.25) is 11.9 Å². The van der Waals surface area contributed by atoms with Crippen LogP contribution < -0.4 is 21.1 Å². The lowest BCUT2D eigenvalue weighted by atomic mass is 10.1. The molecular formula is C22H22N6O2. The van der Waals surface area contributed by atoms with E-state index in [1.165, 1.54) is 0 Å². The fourth-order valence-corrected chi connectivity index (χ4v) is 3.33. The van der Waals surface area contributed by atoms with Gasteiger partial charge in [0.1, 0.15) is 5.75 Å². The molecule has 1 amide bonds. The second-order valence-electron chi connectivity index (χ2n) is 6.73. The lowest BCUT2D eigenvalue weighted by molar-refractivity contribution is -0.114. The maximum Gasteiger partial charge on any atom is 0.238 e. The van der Waals surface area contributed by atoms with Crippen LogP contribution in [0.5, 0.6) is 5.75 Å². The van der Waals surface area contributed by atoms with Gasteiger partial charge in [-0.15, -0.1) is 0 Å². The third-order valence-corrected chi connectivity index (χ3v) is 4.74. The lowest BCUT2D eigenvalue weighted by Crippen LogP contribution is -2.21. The number of hydrogen-bond donors (Lipinski definition) is 3. The Morgan fingerprint density at radius 2 is 2.03 bits per heavy atom. The van der Waals surface area contributed by atoms with E-state index >= 15 is 0 Å². The largest absolute Gasteiger partial charge is 0.495 e. The molecule has 0 radical (unpaired) electrons. The Morgan fingerprint density at radius 1 is 1.20 bits per heavy atom. The number of aryl methyl sites for hydroxylation is 1. The van der Waals surface area contributed by atoms with Crippen LogP contribution in [0.3, 0.4) is 0 Å². The zero-order valence-electron chi connectivity index (χ0n) is 16.7. The summed E-state index contributed by atoms with van der Waals surface area (Å²) in [6.45, 7) is -0.0923. The molecule has 4 rings (SSSR count). The van der Waals surface area contributed by atoms with Crippen molar-refractivity contribution in [3.05, 3.63) is 60.9 Å². The molecule has 4 aromatic rings. The molecule has 0 fully saturated rings. The van der Waals surface area contributed by atoms with E-state index in [0.29, 0.717) is 23.1 Å². The number of nitrogens with two attached hydrogens (primary N) is 1.